The van der Waals surface area contributed by atoms with Crippen molar-refractivity contribution in [2.24, 2.45) is 14.1 Å². The average Bonchev–Trinajstić information content (AvgIpc) is 3.31. The number of fused-ring (bicyclic) bond motifs is 1. The van der Waals surface area contributed by atoms with Crippen LogP contribution in [0.1, 0.15) is 24.0 Å². The lowest BCUT2D eigenvalue weighted by Crippen LogP contribution is -3.10. The van der Waals surface area contributed by atoms with E-state index in [-0.39, 0.29) is 23.7 Å². The van der Waals surface area contributed by atoms with Crippen LogP contribution in [0.2, 0.25) is 0 Å². The van der Waals surface area contributed by atoms with Crippen LogP contribution in [-0.2, 0) is 33.6 Å². The number of benzene rings is 2. The van der Waals surface area contributed by atoms with Crippen LogP contribution in [0.4, 0.5) is 0 Å². The molecule has 0 fully saturated rings. The maximum atomic E-state index is 12.7. The summed E-state index contributed by atoms with van der Waals surface area (Å²) in [5, 5.41) is 0. The van der Waals surface area contributed by atoms with Crippen molar-refractivity contribution in [1.82, 2.24) is 18.7 Å². The van der Waals surface area contributed by atoms with E-state index in [0.29, 0.717) is 17.7 Å². The number of hydrogen-bond acceptors (Lipinski definition) is 4. The zero-order chi connectivity index (χ0) is 24.8. The molecule has 9 heteroatoms. The zero-order valence-electron chi connectivity index (χ0n) is 21.1. The second kappa shape index (κ2) is 12.6. The third kappa shape index (κ3) is 6.25. The Bertz CT molecular complexity index is 1390. The van der Waals surface area contributed by atoms with E-state index in [0.717, 1.165) is 49.2 Å². The van der Waals surface area contributed by atoms with Gasteiger partial charge in [-0.1, -0.05) is 42.5 Å². The highest BCUT2D eigenvalue weighted by Gasteiger charge is 2.15. The van der Waals surface area contributed by atoms with Crippen molar-refractivity contribution >= 4 is 11.2 Å². The second-order valence-electron chi connectivity index (χ2n) is 9.04. The Labute approximate surface area is 217 Å². The number of halogens is 1. The SMILES string of the molecule is COc1cccc(CCC[NH+](CCCn2cnc3c2c(=O)n(C)c(=O)n3C)Cc2ccccc2)c1.[Cl-]. The summed E-state index contributed by atoms with van der Waals surface area (Å²) in [4.78, 5) is 30.8. The van der Waals surface area contributed by atoms with Crippen LogP contribution in [0.3, 0.4) is 0 Å². The molecule has 0 aliphatic heterocycles. The minimum Gasteiger partial charge on any atom is -1.00 e. The largest absolute Gasteiger partial charge is 1.00 e. The van der Waals surface area contributed by atoms with Gasteiger partial charge in [0.2, 0.25) is 0 Å². The molecule has 0 bridgehead atoms. The maximum Gasteiger partial charge on any atom is 0.332 e. The van der Waals surface area contributed by atoms with Gasteiger partial charge in [-0.05, 0) is 24.1 Å². The Morgan fingerprint density at radius 3 is 2.39 bits per heavy atom. The molecule has 4 aromatic rings. The monoisotopic (exact) mass is 511 g/mol. The highest BCUT2D eigenvalue weighted by atomic mass is 35.5. The number of hydrogen-bond donors (Lipinski definition) is 1. The molecule has 0 aliphatic carbocycles. The van der Waals surface area contributed by atoms with Gasteiger partial charge in [-0.2, -0.15) is 0 Å². The standard InChI is InChI=1S/C27H33N5O3.ClH/c1-29-25-24(26(33)30(2)27(29)34)32(20-28-25)17-9-16-31(19-22-10-5-4-6-11-22)15-8-13-21-12-7-14-23(18-21)35-3;/h4-7,10-12,14,18,20H,8-9,13,15-17,19H2,1-3H3;1H. The summed E-state index contributed by atoms with van der Waals surface area (Å²) in [6.07, 6.45) is 4.65. The fraction of sp³-hybridized carbons (Fsp3) is 0.370. The summed E-state index contributed by atoms with van der Waals surface area (Å²) in [5.74, 6) is 0.896. The topological polar surface area (TPSA) is 75.5 Å². The van der Waals surface area contributed by atoms with Gasteiger partial charge < -0.3 is 26.6 Å². The van der Waals surface area contributed by atoms with Crippen LogP contribution in [0, 0.1) is 0 Å². The van der Waals surface area contributed by atoms with Crippen molar-refractivity contribution in [3.05, 3.63) is 92.9 Å². The fourth-order valence-corrected chi connectivity index (χ4v) is 4.62. The Morgan fingerprint density at radius 1 is 0.917 bits per heavy atom. The first kappa shape index (κ1) is 27.2. The lowest BCUT2D eigenvalue weighted by atomic mass is 10.1. The number of nitrogens with one attached hydrogen (secondary N) is 1. The molecule has 2 aromatic carbocycles. The average molecular weight is 512 g/mol. The molecular formula is C27H34ClN5O3. The van der Waals surface area contributed by atoms with Crippen molar-refractivity contribution in [1.29, 1.82) is 0 Å². The molecule has 1 unspecified atom stereocenters. The van der Waals surface area contributed by atoms with Crippen LogP contribution >= 0.6 is 0 Å². The molecule has 2 heterocycles. The third-order valence-electron chi connectivity index (χ3n) is 6.57. The van der Waals surface area contributed by atoms with Gasteiger partial charge in [0.05, 0.1) is 26.5 Å². The first-order valence-electron chi connectivity index (χ1n) is 12.1. The van der Waals surface area contributed by atoms with E-state index in [1.165, 1.54) is 27.6 Å². The lowest BCUT2D eigenvalue weighted by Gasteiger charge is -2.20. The van der Waals surface area contributed by atoms with E-state index < -0.39 is 0 Å². The van der Waals surface area contributed by atoms with Crippen LogP contribution in [0.15, 0.2) is 70.5 Å². The Hall–Kier alpha value is -3.36. The minimum atomic E-state index is -0.359. The van der Waals surface area contributed by atoms with Crippen LogP contribution in [0.25, 0.3) is 11.2 Å². The number of methoxy groups -OCH3 is 1. The normalized spacial score (nSPS) is 11.9. The molecule has 0 aliphatic rings. The van der Waals surface area contributed by atoms with Crippen LogP contribution in [-0.4, -0.2) is 38.9 Å². The molecule has 36 heavy (non-hydrogen) atoms. The predicted octanol–water partition coefficient (Wildman–Crippen LogP) is -1.45. The van der Waals surface area contributed by atoms with E-state index in [1.54, 1.807) is 20.5 Å². The van der Waals surface area contributed by atoms with Gasteiger partial charge in [0.15, 0.2) is 11.2 Å². The van der Waals surface area contributed by atoms with Gasteiger partial charge in [-0.15, -0.1) is 0 Å². The summed E-state index contributed by atoms with van der Waals surface area (Å²) in [6.45, 7) is 3.66. The molecule has 0 radical (unpaired) electrons. The van der Waals surface area contributed by atoms with Crippen molar-refractivity contribution < 1.29 is 22.0 Å². The molecule has 2 aromatic heterocycles. The van der Waals surface area contributed by atoms with Crippen molar-refractivity contribution in [3.8, 4) is 5.75 Å². The number of aromatic nitrogens is 4. The maximum absolute atomic E-state index is 12.7. The third-order valence-corrected chi connectivity index (χ3v) is 6.57. The number of ether oxygens (including phenoxy) is 1. The van der Waals surface area contributed by atoms with Crippen LogP contribution in [0.5, 0.6) is 5.75 Å². The van der Waals surface area contributed by atoms with E-state index in [2.05, 4.69) is 41.4 Å². The Morgan fingerprint density at radius 2 is 1.64 bits per heavy atom. The van der Waals surface area contributed by atoms with Crippen molar-refractivity contribution in [2.45, 2.75) is 32.4 Å². The van der Waals surface area contributed by atoms with E-state index in [1.807, 2.05) is 22.8 Å². The van der Waals surface area contributed by atoms with Crippen molar-refractivity contribution in [2.75, 3.05) is 20.2 Å². The van der Waals surface area contributed by atoms with E-state index >= 15 is 0 Å². The minimum absolute atomic E-state index is 0. The predicted molar refractivity (Wildman–Crippen MR) is 137 cm³/mol. The first-order chi connectivity index (χ1) is 17.0. The van der Waals surface area contributed by atoms with E-state index in [9.17, 15) is 9.59 Å². The highest BCUT2D eigenvalue weighted by molar-refractivity contribution is 5.69. The zero-order valence-corrected chi connectivity index (χ0v) is 21.9. The molecule has 1 atom stereocenters. The number of imidazole rings is 1. The molecule has 8 nitrogen and oxygen atoms in total. The van der Waals surface area contributed by atoms with Gasteiger partial charge >= 0.3 is 5.69 Å². The number of aryl methyl sites for hydroxylation is 3. The first-order valence-corrected chi connectivity index (χ1v) is 12.1. The van der Waals surface area contributed by atoms with Crippen LogP contribution < -0.4 is 33.3 Å². The summed E-state index contributed by atoms with van der Waals surface area (Å²) >= 11 is 0. The molecular weight excluding hydrogens is 478 g/mol. The van der Waals surface area contributed by atoms with E-state index in [4.69, 9.17) is 4.74 Å². The number of rotatable bonds is 11. The Kier molecular flexibility index (Phi) is 9.50. The van der Waals surface area contributed by atoms with Gasteiger partial charge in [0.25, 0.3) is 5.56 Å². The summed E-state index contributed by atoms with van der Waals surface area (Å²) < 4.78 is 9.81. The van der Waals surface area contributed by atoms with Crippen molar-refractivity contribution in [3.63, 3.8) is 0 Å². The molecule has 192 valence electrons. The number of nitrogens with zero attached hydrogens (tertiary/aromatic N) is 4. The van der Waals surface area contributed by atoms with Gasteiger partial charge in [0.1, 0.15) is 12.3 Å². The fourth-order valence-electron chi connectivity index (χ4n) is 4.62. The lowest BCUT2D eigenvalue weighted by molar-refractivity contribution is -0.914. The quantitative estimate of drug-likeness (QED) is 0.267. The summed E-state index contributed by atoms with van der Waals surface area (Å²) in [7, 11) is 4.86. The highest BCUT2D eigenvalue weighted by Crippen LogP contribution is 2.13. The van der Waals surface area contributed by atoms with Gasteiger partial charge in [-0.25, -0.2) is 9.78 Å². The number of quaternary nitrogens is 1. The summed E-state index contributed by atoms with van der Waals surface area (Å²) in [6, 6.07) is 18.8. The van der Waals surface area contributed by atoms with Gasteiger partial charge in [0, 0.05) is 39.0 Å². The molecule has 4 rings (SSSR count). The van der Waals surface area contributed by atoms with Gasteiger partial charge in [-0.3, -0.25) is 13.9 Å². The molecule has 0 saturated carbocycles. The molecule has 0 spiro atoms. The molecule has 1 N–H and O–H groups in total. The smallest absolute Gasteiger partial charge is 0.332 e. The molecule has 0 saturated heterocycles. The Balaban J connectivity index is 0.00000361. The second-order valence-corrected chi connectivity index (χ2v) is 9.04. The summed E-state index contributed by atoms with van der Waals surface area (Å²) in [5.41, 5.74) is 2.87. The molecule has 0 amide bonds.